The number of carbonyl (C=O) groups excluding carboxylic acids is 2. The summed E-state index contributed by atoms with van der Waals surface area (Å²) in [6.07, 6.45) is 0.425. The first-order valence-electron chi connectivity index (χ1n) is 6.32. The molecule has 0 fully saturated rings. The molecule has 2 amide bonds. The van der Waals surface area contributed by atoms with Gasteiger partial charge in [0.25, 0.3) is 0 Å². The van der Waals surface area contributed by atoms with Gasteiger partial charge in [-0.05, 0) is 17.2 Å². The average molecular weight is 261 g/mol. The van der Waals surface area contributed by atoms with Crippen LogP contribution in [0.15, 0.2) is 18.2 Å². The van der Waals surface area contributed by atoms with Gasteiger partial charge in [0.15, 0.2) is 0 Å². The third kappa shape index (κ3) is 2.93. The minimum absolute atomic E-state index is 0.00130. The number of amides is 2. The van der Waals surface area contributed by atoms with Gasteiger partial charge in [-0.2, -0.15) is 0 Å². The zero-order chi connectivity index (χ0) is 14.0. The van der Waals surface area contributed by atoms with Gasteiger partial charge < -0.3 is 16.4 Å². The Kier molecular flexibility index (Phi) is 3.57. The Labute approximate surface area is 112 Å². The Balaban J connectivity index is 2.15. The molecular weight excluding hydrogens is 242 g/mol. The highest BCUT2D eigenvalue weighted by atomic mass is 16.2. The lowest BCUT2D eigenvalue weighted by atomic mass is 9.83. The van der Waals surface area contributed by atoms with E-state index in [-0.39, 0.29) is 23.8 Å². The minimum atomic E-state index is -0.203. The van der Waals surface area contributed by atoms with Gasteiger partial charge in [0.1, 0.15) is 0 Å². The van der Waals surface area contributed by atoms with Crippen LogP contribution in [0.2, 0.25) is 0 Å². The summed E-state index contributed by atoms with van der Waals surface area (Å²) in [5.74, 6) is -0.132. The van der Waals surface area contributed by atoms with Crippen LogP contribution in [0, 0.1) is 0 Å². The zero-order valence-corrected chi connectivity index (χ0v) is 11.2. The molecule has 0 saturated carbocycles. The van der Waals surface area contributed by atoms with E-state index in [1.165, 1.54) is 0 Å². The van der Waals surface area contributed by atoms with Crippen molar-refractivity contribution in [1.29, 1.82) is 0 Å². The summed E-state index contributed by atoms with van der Waals surface area (Å²) in [4.78, 5) is 22.6. The predicted octanol–water partition coefficient (Wildman–Crippen LogP) is 0.534. The molecule has 0 bridgehead atoms. The maximum absolute atomic E-state index is 11.3. The number of benzene rings is 1. The Hall–Kier alpha value is -1.88. The summed E-state index contributed by atoms with van der Waals surface area (Å²) in [5.41, 5.74) is 8.07. The van der Waals surface area contributed by atoms with E-state index in [0.29, 0.717) is 13.0 Å². The number of nitrogens with one attached hydrogen (secondary N) is 2. The SMILES string of the molecule is CC(C)(CNC(=O)CN)c1ccc2c(c1)CC(=O)N2. The number of rotatable bonds is 4. The topological polar surface area (TPSA) is 84.2 Å². The van der Waals surface area contributed by atoms with E-state index >= 15 is 0 Å². The van der Waals surface area contributed by atoms with E-state index in [9.17, 15) is 9.59 Å². The van der Waals surface area contributed by atoms with Gasteiger partial charge in [0.2, 0.25) is 11.8 Å². The van der Waals surface area contributed by atoms with Gasteiger partial charge >= 0.3 is 0 Å². The van der Waals surface area contributed by atoms with Crippen molar-refractivity contribution in [2.24, 2.45) is 5.73 Å². The molecular formula is C14H19N3O2. The highest BCUT2D eigenvalue weighted by Gasteiger charge is 2.24. The maximum Gasteiger partial charge on any atom is 0.233 e. The van der Waals surface area contributed by atoms with Crippen LogP contribution in [0.25, 0.3) is 0 Å². The van der Waals surface area contributed by atoms with Gasteiger partial charge in [0, 0.05) is 17.6 Å². The summed E-state index contributed by atoms with van der Waals surface area (Å²) in [7, 11) is 0. The van der Waals surface area contributed by atoms with Crippen LogP contribution >= 0.6 is 0 Å². The van der Waals surface area contributed by atoms with Crippen molar-refractivity contribution in [2.45, 2.75) is 25.7 Å². The molecule has 1 aliphatic heterocycles. The van der Waals surface area contributed by atoms with E-state index in [1.807, 2.05) is 18.2 Å². The summed E-state index contributed by atoms with van der Waals surface area (Å²) in [6.45, 7) is 4.62. The fourth-order valence-electron chi connectivity index (χ4n) is 2.14. The molecule has 0 spiro atoms. The Bertz CT molecular complexity index is 523. The highest BCUT2D eigenvalue weighted by Crippen LogP contribution is 2.29. The summed E-state index contributed by atoms with van der Waals surface area (Å²) >= 11 is 0. The molecule has 1 aromatic carbocycles. The van der Waals surface area contributed by atoms with Gasteiger partial charge in [-0.15, -0.1) is 0 Å². The third-order valence-corrected chi connectivity index (χ3v) is 3.42. The van der Waals surface area contributed by atoms with Gasteiger partial charge in [0.05, 0.1) is 13.0 Å². The summed E-state index contributed by atoms with van der Waals surface area (Å²) in [5, 5.41) is 5.61. The second kappa shape index (κ2) is 5.01. The van der Waals surface area contributed by atoms with Crippen LogP contribution in [-0.4, -0.2) is 24.9 Å². The number of nitrogens with two attached hydrogens (primary N) is 1. The number of hydrogen-bond donors (Lipinski definition) is 3. The number of anilines is 1. The molecule has 0 atom stereocenters. The minimum Gasteiger partial charge on any atom is -0.354 e. The first-order valence-corrected chi connectivity index (χ1v) is 6.32. The average Bonchev–Trinajstić information content (AvgIpc) is 2.74. The lowest BCUT2D eigenvalue weighted by molar-refractivity contribution is -0.120. The molecule has 1 heterocycles. The molecule has 4 N–H and O–H groups in total. The molecule has 0 aromatic heterocycles. The molecule has 5 heteroatoms. The van der Waals surface area contributed by atoms with Crippen molar-refractivity contribution in [1.82, 2.24) is 5.32 Å². The number of carbonyl (C=O) groups is 2. The molecule has 0 aliphatic carbocycles. The second-order valence-corrected chi connectivity index (χ2v) is 5.46. The van der Waals surface area contributed by atoms with Gasteiger partial charge in [-0.25, -0.2) is 0 Å². The highest BCUT2D eigenvalue weighted by molar-refractivity contribution is 5.99. The van der Waals surface area contributed by atoms with Crippen molar-refractivity contribution in [3.05, 3.63) is 29.3 Å². The first kappa shape index (κ1) is 13.5. The molecule has 5 nitrogen and oxygen atoms in total. The first-order chi connectivity index (χ1) is 8.92. The van der Waals surface area contributed by atoms with Crippen molar-refractivity contribution in [2.75, 3.05) is 18.4 Å². The molecule has 0 radical (unpaired) electrons. The lowest BCUT2D eigenvalue weighted by Gasteiger charge is -2.26. The molecule has 102 valence electrons. The van der Waals surface area contributed by atoms with Crippen molar-refractivity contribution >= 4 is 17.5 Å². The van der Waals surface area contributed by atoms with Gasteiger partial charge in [-0.3, -0.25) is 9.59 Å². The van der Waals surface area contributed by atoms with Crippen LogP contribution < -0.4 is 16.4 Å². The fraction of sp³-hybridized carbons (Fsp3) is 0.429. The zero-order valence-electron chi connectivity index (χ0n) is 11.2. The molecule has 19 heavy (non-hydrogen) atoms. The summed E-state index contributed by atoms with van der Waals surface area (Å²) < 4.78 is 0. The van der Waals surface area contributed by atoms with E-state index in [4.69, 9.17) is 5.73 Å². The van der Waals surface area contributed by atoms with Crippen LogP contribution in [0.4, 0.5) is 5.69 Å². The third-order valence-electron chi connectivity index (χ3n) is 3.42. The van der Waals surface area contributed by atoms with Gasteiger partial charge in [-0.1, -0.05) is 26.0 Å². The normalized spacial score (nSPS) is 13.9. The van der Waals surface area contributed by atoms with Crippen molar-refractivity contribution < 1.29 is 9.59 Å². The fourth-order valence-corrected chi connectivity index (χ4v) is 2.14. The Morgan fingerprint density at radius 3 is 2.89 bits per heavy atom. The van der Waals surface area contributed by atoms with E-state index in [2.05, 4.69) is 24.5 Å². The van der Waals surface area contributed by atoms with Crippen molar-refractivity contribution in [3.63, 3.8) is 0 Å². The van der Waals surface area contributed by atoms with E-state index in [0.717, 1.165) is 16.8 Å². The van der Waals surface area contributed by atoms with Crippen LogP contribution in [0.5, 0.6) is 0 Å². The van der Waals surface area contributed by atoms with Crippen LogP contribution in [0.3, 0.4) is 0 Å². The van der Waals surface area contributed by atoms with E-state index in [1.54, 1.807) is 0 Å². The van der Waals surface area contributed by atoms with E-state index < -0.39 is 0 Å². The lowest BCUT2D eigenvalue weighted by Crippen LogP contribution is -2.39. The number of fused-ring (bicyclic) bond motifs is 1. The molecule has 1 aliphatic rings. The Morgan fingerprint density at radius 2 is 2.21 bits per heavy atom. The van der Waals surface area contributed by atoms with Crippen LogP contribution in [0.1, 0.15) is 25.0 Å². The second-order valence-electron chi connectivity index (χ2n) is 5.46. The van der Waals surface area contributed by atoms with Crippen LogP contribution in [-0.2, 0) is 21.4 Å². The Morgan fingerprint density at radius 1 is 1.47 bits per heavy atom. The molecule has 0 saturated heterocycles. The van der Waals surface area contributed by atoms with Crippen molar-refractivity contribution in [3.8, 4) is 0 Å². The molecule has 1 aromatic rings. The molecule has 0 unspecified atom stereocenters. The maximum atomic E-state index is 11.3. The smallest absolute Gasteiger partial charge is 0.233 e. The monoisotopic (exact) mass is 261 g/mol. The summed E-state index contributed by atoms with van der Waals surface area (Å²) in [6, 6.07) is 5.93. The molecule has 2 rings (SSSR count). The quantitative estimate of drug-likeness (QED) is 0.739. The standard InChI is InChI=1S/C14H19N3O2/c1-14(2,8-16-13(19)7-15)10-3-4-11-9(5-10)6-12(18)17-11/h3-5H,6-8,15H2,1-2H3,(H,16,19)(H,17,18). The number of hydrogen-bond acceptors (Lipinski definition) is 3. The largest absolute Gasteiger partial charge is 0.354 e. The predicted molar refractivity (Wildman–Crippen MR) is 73.9 cm³/mol.